The topological polar surface area (TPSA) is 99.3 Å². The summed E-state index contributed by atoms with van der Waals surface area (Å²) < 4.78 is 32.2. The molecule has 0 amide bonds. The third kappa shape index (κ3) is 4.00. The summed E-state index contributed by atoms with van der Waals surface area (Å²) in [6.07, 6.45) is 1.52. The second-order valence-corrected chi connectivity index (χ2v) is 6.31. The minimum absolute atomic E-state index is 0.133. The number of sulfonamides is 1. The highest BCUT2D eigenvalue weighted by molar-refractivity contribution is 7.89. The Hall–Kier alpha value is -1.00. The summed E-state index contributed by atoms with van der Waals surface area (Å²) in [5.41, 5.74) is 0.631. The van der Waals surface area contributed by atoms with Gasteiger partial charge in [0.05, 0.1) is 19.4 Å². The molecule has 1 aromatic heterocycles. The quantitative estimate of drug-likeness (QED) is 0.581. The minimum Gasteiger partial charge on any atom is -0.379 e. The SMILES string of the molecule is CNCc1cn[nH]c1S(=O)(=O)NCCN1CCOCC1. The van der Waals surface area contributed by atoms with Gasteiger partial charge in [0.15, 0.2) is 5.03 Å². The molecule has 0 spiro atoms. The van der Waals surface area contributed by atoms with Crippen LogP contribution in [0.25, 0.3) is 0 Å². The zero-order valence-electron chi connectivity index (χ0n) is 11.6. The molecule has 1 aliphatic rings. The van der Waals surface area contributed by atoms with Gasteiger partial charge in [-0.1, -0.05) is 0 Å². The van der Waals surface area contributed by atoms with Crippen molar-refractivity contribution in [3.8, 4) is 0 Å². The Bertz CT molecular complexity index is 510. The molecule has 1 aliphatic heterocycles. The molecule has 0 bridgehead atoms. The predicted octanol–water partition coefficient (Wildman–Crippen LogP) is -1.26. The first kappa shape index (κ1) is 15.4. The van der Waals surface area contributed by atoms with Crippen LogP contribution in [0.3, 0.4) is 0 Å². The van der Waals surface area contributed by atoms with E-state index >= 15 is 0 Å². The second-order valence-electron chi connectivity index (χ2n) is 4.61. The van der Waals surface area contributed by atoms with Gasteiger partial charge in [0.2, 0.25) is 0 Å². The van der Waals surface area contributed by atoms with E-state index in [1.807, 2.05) is 0 Å². The van der Waals surface area contributed by atoms with Gasteiger partial charge in [-0.25, -0.2) is 13.1 Å². The lowest BCUT2D eigenvalue weighted by atomic mass is 10.4. The Morgan fingerprint density at radius 3 is 2.90 bits per heavy atom. The number of nitrogens with one attached hydrogen (secondary N) is 3. The first-order valence-corrected chi connectivity index (χ1v) is 8.08. The van der Waals surface area contributed by atoms with Gasteiger partial charge in [0.25, 0.3) is 10.0 Å². The van der Waals surface area contributed by atoms with E-state index in [2.05, 4.69) is 25.1 Å². The minimum atomic E-state index is -3.54. The van der Waals surface area contributed by atoms with Crippen LogP contribution in [-0.2, 0) is 21.3 Å². The van der Waals surface area contributed by atoms with Crippen LogP contribution in [0.5, 0.6) is 0 Å². The molecule has 0 aromatic carbocycles. The Morgan fingerprint density at radius 1 is 1.45 bits per heavy atom. The Morgan fingerprint density at radius 2 is 2.20 bits per heavy atom. The number of rotatable bonds is 7. The van der Waals surface area contributed by atoms with Crippen molar-refractivity contribution in [1.82, 2.24) is 25.1 Å². The van der Waals surface area contributed by atoms with Crippen LogP contribution in [0, 0.1) is 0 Å². The fourth-order valence-corrected chi connectivity index (χ4v) is 3.23. The summed E-state index contributed by atoms with van der Waals surface area (Å²) in [4.78, 5) is 2.17. The number of H-pyrrole nitrogens is 1. The van der Waals surface area contributed by atoms with Gasteiger partial charge in [-0.3, -0.25) is 10.00 Å². The van der Waals surface area contributed by atoms with Crippen LogP contribution in [0.1, 0.15) is 5.56 Å². The summed E-state index contributed by atoms with van der Waals surface area (Å²) in [5, 5.41) is 9.39. The molecule has 1 saturated heterocycles. The standard InChI is InChI=1S/C11H21N5O3S/c1-12-8-10-9-13-15-11(10)20(17,18)14-2-3-16-4-6-19-7-5-16/h9,12,14H,2-8H2,1H3,(H,13,15). The molecule has 8 nitrogen and oxygen atoms in total. The maximum atomic E-state index is 12.2. The van der Waals surface area contributed by atoms with Gasteiger partial charge in [-0.15, -0.1) is 0 Å². The largest absolute Gasteiger partial charge is 0.379 e. The van der Waals surface area contributed by atoms with E-state index in [-0.39, 0.29) is 5.03 Å². The molecule has 0 radical (unpaired) electrons. The van der Waals surface area contributed by atoms with Crippen molar-refractivity contribution in [1.29, 1.82) is 0 Å². The van der Waals surface area contributed by atoms with E-state index in [4.69, 9.17) is 4.74 Å². The van der Waals surface area contributed by atoms with Gasteiger partial charge in [-0.05, 0) is 7.05 Å². The molecule has 0 unspecified atom stereocenters. The molecular formula is C11H21N5O3S. The summed E-state index contributed by atoms with van der Waals surface area (Å²) in [6, 6.07) is 0. The highest BCUT2D eigenvalue weighted by Gasteiger charge is 2.20. The molecule has 0 saturated carbocycles. The Kier molecular flexibility index (Phi) is 5.49. The van der Waals surface area contributed by atoms with Crippen LogP contribution in [-0.4, -0.2) is 70.0 Å². The predicted molar refractivity (Wildman–Crippen MR) is 73.8 cm³/mol. The maximum Gasteiger partial charge on any atom is 0.257 e. The molecule has 114 valence electrons. The summed E-state index contributed by atoms with van der Waals surface area (Å²) in [6.45, 7) is 4.61. The highest BCUT2D eigenvalue weighted by atomic mass is 32.2. The van der Waals surface area contributed by atoms with Crippen LogP contribution in [0.15, 0.2) is 11.2 Å². The van der Waals surface area contributed by atoms with Crippen LogP contribution in [0.4, 0.5) is 0 Å². The molecule has 1 fully saturated rings. The third-order valence-corrected chi connectivity index (χ3v) is 4.61. The lowest BCUT2D eigenvalue weighted by molar-refractivity contribution is 0.0390. The molecule has 20 heavy (non-hydrogen) atoms. The van der Waals surface area contributed by atoms with E-state index in [9.17, 15) is 8.42 Å². The molecule has 9 heteroatoms. The molecular weight excluding hydrogens is 282 g/mol. The fraction of sp³-hybridized carbons (Fsp3) is 0.727. The van der Waals surface area contributed by atoms with Gasteiger partial charge >= 0.3 is 0 Å². The molecule has 0 aliphatic carbocycles. The summed E-state index contributed by atoms with van der Waals surface area (Å²) in [7, 11) is -1.78. The third-order valence-electron chi connectivity index (χ3n) is 3.14. The van der Waals surface area contributed by atoms with Gasteiger partial charge in [0.1, 0.15) is 0 Å². The van der Waals surface area contributed by atoms with Gasteiger partial charge < -0.3 is 10.1 Å². The monoisotopic (exact) mass is 303 g/mol. The summed E-state index contributed by atoms with van der Waals surface area (Å²) >= 11 is 0. The normalized spacial score (nSPS) is 17.4. The molecule has 2 rings (SSSR count). The summed E-state index contributed by atoms with van der Waals surface area (Å²) in [5.74, 6) is 0. The zero-order chi connectivity index (χ0) is 14.4. The fourth-order valence-electron chi connectivity index (χ4n) is 2.08. The number of hydrogen-bond acceptors (Lipinski definition) is 6. The van der Waals surface area contributed by atoms with Crippen molar-refractivity contribution >= 4 is 10.0 Å². The Labute approximate surface area is 118 Å². The average molecular weight is 303 g/mol. The van der Waals surface area contributed by atoms with Crippen LogP contribution < -0.4 is 10.0 Å². The van der Waals surface area contributed by atoms with E-state index < -0.39 is 10.0 Å². The molecule has 3 N–H and O–H groups in total. The van der Waals surface area contributed by atoms with Gasteiger partial charge in [-0.2, -0.15) is 5.10 Å². The van der Waals surface area contributed by atoms with E-state index in [0.717, 1.165) is 13.1 Å². The number of aromatic amines is 1. The van der Waals surface area contributed by atoms with Crippen LogP contribution >= 0.6 is 0 Å². The molecule has 1 aromatic rings. The number of hydrogen-bond donors (Lipinski definition) is 3. The smallest absolute Gasteiger partial charge is 0.257 e. The first-order valence-electron chi connectivity index (χ1n) is 6.60. The Balaban J connectivity index is 1.88. The van der Waals surface area contributed by atoms with Crippen molar-refractivity contribution in [2.75, 3.05) is 46.4 Å². The zero-order valence-corrected chi connectivity index (χ0v) is 12.4. The lowest BCUT2D eigenvalue weighted by Crippen LogP contribution is -2.41. The van der Waals surface area contributed by atoms with Crippen molar-refractivity contribution < 1.29 is 13.2 Å². The van der Waals surface area contributed by atoms with Crippen molar-refractivity contribution in [3.63, 3.8) is 0 Å². The maximum absolute atomic E-state index is 12.2. The number of aromatic nitrogens is 2. The molecule has 0 atom stereocenters. The second kappa shape index (κ2) is 7.14. The van der Waals surface area contributed by atoms with Crippen LogP contribution in [0.2, 0.25) is 0 Å². The lowest BCUT2D eigenvalue weighted by Gasteiger charge is -2.26. The van der Waals surface area contributed by atoms with Crippen molar-refractivity contribution in [2.45, 2.75) is 11.6 Å². The number of nitrogens with zero attached hydrogens (tertiary/aromatic N) is 2. The van der Waals surface area contributed by atoms with E-state index in [1.54, 1.807) is 7.05 Å². The van der Waals surface area contributed by atoms with Crippen molar-refractivity contribution in [2.24, 2.45) is 0 Å². The average Bonchev–Trinajstić information content (AvgIpc) is 2.89. The highest BCUT2D eigenvalue weighted by Crippen LogP contribution is 2.11. The van der Waals surface area contributed by atoms with E-state index in [0.29, 0.717) is 38.4 Å². The molecule has 2 heterocycles. The number of ether oxygens (including phenoxy) is 1. The number of morpholine rings is 1. The first-order chi connectivity index (χ1) is 9.63. The van der Waals surface area contributed by atoms with Crippen molar-refractivity contribution in [3.05, 3.63) is 11.8 Å². The van der Waals surface area contributed by atoms with Gasteiger partial charge in [0, 0.05) is 38.3 Å². The van der Waals surface area contributed by atoms with E-state index in [1.165, 1.54) is 6.20 Å².